The Labute approximate surface area is 88.3 Å². The molecule has 1 rings (SSSR count). The van der Waals surface area contributed by atoms with Crippen molar-refractivity contribution in [3.05, 3.63) is 33.8 Å². The summed E-state index contributed by atoms with van der Waals surface area (Å²) in [6.45, 7) is 2.18. The minimum atomic E-state index is 0.195. The second-order valence-corrected chi connectivity index (χ2v) is 4.05. The van der Waals surface area contributed by atoms with E-state index in [0.717, 1.165) is 12.0 Å². The maximum absolute atomic E-state index is 8.86. The zero-order chi connectivity index (χ0) is 9.84. The van der Waals surface area contributed by atoms with Crippen molar-refractivity contribution in [2.45, 2.75) is 13.3 Å². The van der Waals surface area contributed by atoms with Gasteiger partial charge in [0.1, 0.15) is 0 Å². The minimum Gasteiger partial charge on any atom is -0.396 e. The van der Waals surface area contributed by atoms with Gasteiger partial charge in [-0.15, -0.1) is 0 Å². The molecule has 0 spiro atoms. The van der Waals surface area contributed by atoms with Gasteiger partial charge in [0.05, 0.1) is 10.0 Å². The van der Waals surface area contributed by atoms with Gasteiger partial charge in [-0.25, -0.2) is 0 Å². The molecule has 0 aromatic heterocycles. The summed E-state index contributed by atoms with van der Waals surface area (Å²) in [5.41, 5.74) is 1.11. The van der Waals surface area contributed by atoms with Crippen molar-refractivity contribution in [2.24, 2.45) is 5.92 Å². The van der Waals surface area contributed by atoms with Crippen LogP contribution in [0.25, 0.3) is 0 Å². The molecule has 13 heavy (non-hydrogen) atoms. The van der Waals surface area contributed by atoms with Crippen molar-refractivity contribution in [3.8, 4) is 0 Å². The van der Waals surface area contributed by atoms with Crippen LogP contribution in [0, 0.1) is 5.92 Å². The molecule has 3 heteroatoms. The molecule has 1 N–H and O–H groups in total. The van der Waals surface area contributed by atoms with E-state index in [1.54, 1.807) is 6.07 Å². The lowest BCUT2D eigenvalue weighted by Crippen LogP contribution is -2.04. The second-order valence-electron chi connectivity index (χ2n) is 3.24. The largest absolute Gasteiger partial charge is 0.396 e. The highest BCUT2D eigenvalue weighted by atomic mass is 35.5. The fourth-order valence-corrected chi connectivity index (χ4v) is 1.45. The quantitative estimate of drug-likeness (QED) is 0.827. The van der Waals surface area contributed by atoms with E-state index in [-0.39, 0.29) is 12.5 Å². The lowest BCUT2D eigenvalue weighted by atomic mass is 10.0. The minimum absolute atomic E-state index is 0.195. The van der Waals surface area contributed by atoms with Crippen LogP contribution in [0.15, 0.2) is 18.2 Å². The highest BCUT2D eigenvalue weighted by molar-refractivity contribution is 6.42. The Morgan fingerprint density at radius 3 is 2.54 bits per heavy atom. The Morgan fingerprint density at radius 1 is 1.31 bits per heavy atom. The predicted octanol–water partition coefficient (Wildman–Crippen LogP) is 3.16. The molecular formula is C10H12Cl2O. The van der Waals surface area contributed by atoms with Gasteiger partial charge in [0.15, 0.2) is 0 Å². The molecule has 0 saturated carbocycles. The van der Waals surface area contributed by atoms with Gasteiger partial charge in [-0.2, -0.15) is 0 Å². The number of hydrogen-bond acceptors (Lipinski definition) is 1. The molecule has 0 saturated heterocycles. The summed E-state index contributed by atoms with van der Waals surface area (Å²) < 4.78 is 0. The van der Waals surface area contributed by atoms with Gasteiger partial charge in [0, 0.05) is 6.61 Å². The van der Waals surface area contributed by atoms with E-state index in [0.29, 0.717) is 10.0 Å². The Bertz CT molecular complexity index is 286. The van der Waals surface area contributed by atoms with Crippen LogP contribution in [0.4, 0.5) is 0 Å². The first kappa shape index (κ1) is 10.8. The molecule has 1 nitrogen and oxygen atoms in total. The van der Waals surface area contributed by atoms with Crippen LogP contribution in [0.5, 0.6) is 0 Å². The van der Waals surface area contributed by atoms with E-state index in [2.05, 4.69) is 0 Å². The van der Waals surface area contributed by atoms with Gasteiger partial charge < -0.3 is 5.11 Å². The first-order valence-electron chi connectivity index (χ1n) is 4.18. The highest BCUT2D eigenvalue weighted by Gasteiger charge is 2.04. The number of hydrogen-bond donors (Lipinski definition) is 1. The summed E-state index contributed by atoms with van der Waals surface area (Å²) in [4.78, 5) is 0. The number of rotatable bonds is 3. The van der Waals surface area contributed by atoms with Gasteiger partial charge in [0.2, 0.25) is 0 Å². The maximum Gasteiger partial charge on any atom is 0.0595 e. The van der Waals surface area contributed by atoms with Crippen LogP contribution in [-0.2, 0) is 6.42 Å². The van der Waals surface area contributed by atoms with Crippen LogP contribution >= 0.6 is 23.2 Å². The summed E-state index contributed by atoms with van der Waals surface area (Å²) >= 11 is 11.6. The van der Waals surface area contributed by atoms with Crippen molar-refractivity contribution in [3.63, 3.8) is 0 Å². The van der Waals surface area contributed by atoms with Gasteiger partial charge in [-0.3, -0.25) is 0 Å². The zero-order valence-electron chi connectivity index (χ0n) is 7.43. The Balaban J connectivity index is 2.73. The maximum atomic E-state index is 8.86. The fraction of sp³-hybridized carbons (Fsp3) is 0.400. The SMILES string of the molecule is C[C@H](CO)Cc1ccc(Cl)c(Cl)c1. The van der Waals surface area contributed by atoms with Gasteiger partial charge in [-0.05, 0) is 30.0 Å². The third-order valence-electron chi connectivity index (χ3n) is 1.88. The molecule has 0 fully saturated rings. The summed E-state index contributed by atoms with van der Waals surface area (Å²) in [5.74, 6) is 0.261. The Hall–Kier alpha value is -0.240. The first-order valence-corrected chi connectivity index (χ1v) is 4.94. The van der Waals surface area contributed by atoms with E-state index in [1.165, 1.54) is 0 Å². The van der Waals surface area contributed by atoms with E-state index < -0.39 is 0 Å². The van der Waals surface area contributed by atoms with Crippen LogP contribution in [0.3, 0.4) is 0 Å². The van der Waals surface area contributed by atoms with Crippen LogP contribution in [0.2, 0.25) is 10.0 Å². The van der Waals surface area contributed by atoms with Crippen molar-refractivity contribution >= 4 is 23.2 Å². The molecule has 0 aliphatic rings. The summed E-state index contributed by atoms with van der Waals surface area (Å²) in [6, 6.07) is 5.56. The van der Waals surface area contributed by atoms with Crippen LogP contribution in [-0.4, -0.2) is 11.7 Å². The lowest BCUT2D eigenvalue weighted by molar-refractivity contribution is 0.237. The number of aliphatic hydroxyl groups is 1. The Kier molecular flexibility index (Phi) is 4.04. The lowest BCUT2D eigenvalue weighted by Gasteiger charge is -2.08. The molecule has 1 atom stereocenters. The smallest absolute Gasteiger partial charge is 0.0595 e. The van der Waals surface area contributed by atoms with E-state index >= 15 is 0 Å². The zero-order valence-corrected chi connectivity index (χ0v) is 8.94. The van der Waals surface area contributed by atoms with Gasteiger partial charge >= 0.3 is 0 Å². The molecule has 1 aromatic carbocycles. The molecule has 0 aliphatic carbocycles. The first-order chi connectivity index (χ1) is 6.13. The highest BCUT2D eigenvalue weighted by Crippen LogP contribution is 2.23. The second kappa shape index (κ2) is 4.85. The van der Waals surface area contributed by atoms with Crippen LogP contribution < -0.4 is 0 Å². The van der Waals surface area contributed by atoms with Crippen molar-refractivity contribution < 1.29 is 5.11 Å². The summed E-state index contributed by atoms with van der Waals surface area (Å²) in [7, 11) is 0. The van der Waals surface area contributed by atoms with Gasteiger partial charge in [-0.1, -0.05) is 36.2 Å². The molecule has 1 aromatic rings. The van der Waals surface area contributed by atoms with Crippen molar-refractivity contribution in [2.75, 3.05) is 6.61 Å². The van der Waals surface area contributed by atoms with Crippen molar-refractivity contribution in [1.29, 1.82) is 0 Å². The molecule has 0 aliphatic heterocycles. The fourth-order valence-electron chi connectivity index (χ4n) is 1.13. The molecule has 0 unspecified atom stereocenters. The molecule has 0 radical (unpaired) electrons. The van der Waals surface area contributed by atoms with Crippen LogP contribution in [0.1, 0.15) is 12.5 Å². The number of halogens is 2. The van der Waals surface area contributed by atoms with E-state index in [9.17, 15) is 0 Å². The molecule has 0 amide bonds. The van der Waals surface area contributed by atoms with Gasteiger partial charge in [0.25, 0.3) is 0 Å². The average Bonchev–Trinajstić information content (AvgIpc) is 2.11. The number of aliphatic hydroxyl groups excluding tert-OH is 1. The van der Waals surface area contributed by atoms with E-state index in [1.807, 2.05) is 19.1 Å². The summed E-state index contributed by atoms with van der Waals surface area (Å²) in [5, 5.41) is 10.0. The molecule has 72 valence electrons. The molecule has 0 heterocycles. The predicted molar refractivity (Wildman–Crippen MR) is 56.4 cm³/mol. The monoisotopic (exact) mass is 218 g/mol. The van der Waals surface area contributed by atoms with E-state index in [4.69, 9.17) is 28.3 Å². The van der Waals surface area contributed by atoms with Crippen molar-refractivity contribution in [1.82, 2.24) is 0 Å². The Morgan fingerprint density at radius 2 is 2.00 bits per heavy atom. The normalized spacial score (nSPS) is 12.9. The third kappa shape index (κ3) is 3.18. The average molecular weight is 219 g/mol. The molecular weight excluding hydrogens is 207 g/mol. The standard InChI is InChI=1S/C10H12Cl2O/c1-7(6-13)4-8-2-3-9(11)10(12)5-8/h2-3,5,7,13H,4,6H2,1H3/t7-/m0/s1. The molecule has 0 bridgehead atoms. The number of benzene rings is 1. The summed E-state index contributed by atoms with van der Waals surface area (Å²) in [6.07, 6.45) is 0.827. The third-order valence-corrected chi connectivity index (χ3v) is 2.62. The topological polar surface area (TPSA) is 20.2 Å².